The van der Waals surface area contributed by atoms with E-state index in [0.717, 1.165) is 29.7 Å². The first-order chi connectivity index (χ1) is 17.2. The Morgan fingerprint density at radius 2 is 1.94 bits per heavy atom. The monoisotopic (exact) mass is 511 g/mol. The minimum Gasteiger partial charge on any atom is -0.376 e. The molecular formula is C26H33N5O4S. The van der Waals surface area contributed by atoms with Crippen LogP contribution in [0, 0.1) is 6.92 Å². The number of hydrogen-bond acceptors (Lipinski definition) is 6. The first-order valence-electron chi connectivity index (χ1n) is 12.3. The summed E-state index contributed by atoms with van der Waals surface area (Å²) in [5, 5.41) is 11.4. The van der Waals surface area contributed by atoms with Crippen molar-refractivity contribution >= 4 is 32.5 Å². The predicted molar refractivity (Wildman–Crippen MR) is 141 cm³/mol. The summed E-state index contributed by atoms with van der Waals surface area (Å²) in [6.45, 7) is 3.71. The molecule has 2 N–H and O–H groups in total. The fourth-order valence-electron chi connectivity index (χ4n) is 4.88. The number of carbonyl (C=O) groups is 1. The Labute approximate surface area is 211 Å². The highest BCUT2D eigenvalue weighted by Crippen LogP contribution is 2.47. The number of nitrogens with one attached hydrogen (secondary N) is 2. The first kappa shape index (κ1) is 24.7. The molecule has 36 heavy (non-hydrogen) atoms. The second-order valence-electron chi connectivity index (χ2n) is 9.95. The van der Waals surface area contributed by atoms with Crippen LogP contribution < -0.4 is 14.9 Å². The van der Waals surface area contributed by atoms with E-state index in [1.807, 2.05) is 43.3 Å². The number of fused-ring (bicyclic) bond motifs is 1. The maximum absolute atomic E-state index is 13.0. The van der Waals surface area contributed by atoms with E-state index >= 15 is 0 Å². The molecule has 2 aliphatic rings. The van der Waals surface area contributed by atoms with Gasteiger partial charge in [0.25, 0.3) is 5.91 Å². The van der Waals surface area contributed by atoms with Crippen molar-refractivity contribution in [2.45, 2.75) is 37.7 Å². The fourth-order valence-corrected chi connectivity index (χ4v) is 5.82. The van der Waals surface area contributed by atoms with E-state index < -0.39 is 10.0 Å². The van der Waals surface area contributed by atoms with Crippen LogP contribution in [0.5, 0.6) is 0 Å². The third kappa shape index (κ3) is 4.49. The van der Waals surface area contributed by atoms with Gasteiger partial charge in [0.2, 0.25) is 10.0 Å². The molecule has 0 atom stereocenters. The van der Waals surface area contributed by atoms with Gasteiger partial charge in [-0.25, -0.2) is 13.1 Å². The van der Waals surface area contributed by atoms with Gasteiger partial charge in [-0.2, -0.15) is 5.10 Å². The SMILES string of the molecule is CNC(=O)c1c2cc(C3CC3)c(N(CCC3(OC)CNC3)S(C)(=O)=O)cc2nn1-c1ccc(C)cc1. The molecule has 1 amide bonds. The lowest BCUT2D eigenvalue weighted by Gasteiger charge is -2.42. The van der Waals surface area contributed by atoms with E-state index in [2.05, 4.69) is 10.6 Å². The molecule has 192 valence electrons. The summed E-state index contributed by atoms with van der Waals surface area (Å²) in [4.78, 5) is 13.0. The van der Waals surface area contributed by atoms with Crippen LogP contribution in [0.3, 0.4) is 0 Å². The van der Waals surface area contributed by atoms with E-state index in [-0.39, 0.29) is 17.4 Å². The van der Waals surface area contributed by atoms with Gasteiger partial charge in [0.1, 0.15) is 5.69 Å². The molecule has 0 unspecified atom stereocenters. The van der Waals surface area contributed by atoms with Crippen molar-refractivity contribution in [2.24, 2.45) is 0 Å². The summed E-state index contributed by atoms with van der Waals surface area (Å²) in [6, 6.07) is 11.6. The van der Waals surface area contributed by atoms with Gasteiger partial charge in [0.15, 0.2) is 0 Å². The predicted octanol–water partition coefficient (Wildman–Crippen LogP) is 2.72. The Bertz CT molecular complexity index is 1400. The minimum atomic E-state index is -3.57. The molecule has 10 heteroatoms. The number of nitrogens with zero attached hydrogens (tertiary/aromatic N) is 3. The Morgan fingerprint density at radius 1 is 1.25 bits per heavy atom. The third-order valence-corrected chi connectivity index (χ3v) is 8.50. The van der Waals surface area contributed by atoms with Gasteiger partial charge in [0, 0.05) is 39.2 Å². The van der Waals surface area contributed by atoms with Crippen LogP contribution in [0.2, 0.25) is 0 Å². The summed E-state index contributed by atoms with van der Waals surface area (Å²) in [5.74, 6) is 0.0164. The quantitative estimate of drug-likeness (QED) is 0.458. The largest absolute Gasteiger partial charge is 0.376 e. The lowest BCUT2D eigenvalue weighted by molar-refractivity contribution is -0.0548. The Morgan fingerprint density at radius 3 is 2.47 bits per heavy atom. The molecule has 1 saturated carbocycles. The molecule has 9 nitrogen and oxygen atoms in total. The number of carbonyl (C=O) groups excluding carboxylic acids is 1. The van der Waals surface area contributed by atoms with Gasteiger partial charge < -0.3 is 15.4 Å². The van der Waals surface area contributed by atoms with Crippen LogP contribution in [0.25, 0.3) is 16.6 Å². The molecule has 1 aliphatic carbocycles. The number of sulfonamides is 1. The number of aromatic nitrogens is 2. The summed E-state index contributed by atoms with van der Waals surface area (Å²) in [7, 11) is -0.295. The van der Waals surface area contributed by atoms with Gasteiger partial charge in [0.05, 0.1) is 28.7 Å². The standard InChI is InChI=1S/C26H33N5O4S/c1-17-5-9-19(10-6-17)31-24(25(32)27-2)21-13-20(18-7-8-18)23(14-22(21)29-31)30(36(4,33)34)12-11-26(35-3)15-28-16-26/h5-6,9-10,13-14,18,28H,7-8,11-12,15-16H2,1-4H3,(H,27,32). The van der Waals surface area contributed by atoms with Crippen LogP contribution >= 0.6 is 0 Å². The lowest BCUT2D eigenvalue weighted by atomic mass is 9.92. The Kier molecular flexibility index (Phi) is 6.30. The van der Waals surface area contributed by atoms with Crippen molar-refractivity contribution in [1.29, 1.82) is 0 Å². The van der Waals surface area contributed by atoms with Gasteiger partial charge in [-0.05, 0) is 61.9 Å². The molecule has 1 saturated heterocycles. The van der Waals surface area contributed by atoms with Crippen LogP contribution in [0.4, 0.5) is 5.69 Å². The summed E-state index contributed by atoms with van der Waals surface area (Å²) in [5.41, 5.74) is 4.12. The van der Waals surface area contributed by atoms with Gasteiger partial charge in [-0.15, -0.1) is 0 Å². The fraction of sp³-hybridized carbons (Fsp3) is 0.462. The molecule has 1 aromatic heterocycles. The van der Waals surface area contributed by atoms with Crippen molar-refractivity contribution in [2.75, 3.05) is 44.4 Å². The van der Waals surface area contributed by atoms with Crippen molar-refractivity contribution in [3.63, 3.8) is 0 Å². The van der Waals surface area contributed by atoms with Crippen LogP contribution in [0.1, 0.15) is 46.8 Å². The third-order valence-electron chi connectivity index (χ3n) is 7.32. The Balaban J connectivity index is 1.66. The first-order valence-corrected chi connectivity index (χ1v) is 14.1. The number of ether oxygens (including phenoxy) is 1. The number of aryl methyl sites for hydroxylation is 1. The highest BCUT2D eigenvalue weighted by Gasteiger charge is 2.39. The molecule has 2 heterocycles. The van der Waals surface area contributed by atoms with Crippen molar-refractivity contribution < 1.29 is 17.9 Å². The van der Waals surface area contributed by atoms with E-state index in [1.165, 1.54) is 10.6 Å². The highest BCUT2D eigenvalue weighted by molar-refractivity contribution is 7.92. The molecule has 0 radical (unpaired) electrons. The maximum Gasteiger partial charge on any atom is 0.270 e. The van der Waals surface area contributed by atoms with E-state index in [4.69, 9.17) is 9.84 Å². The van der Waals surface area contributed by atoms with E-state index in [1.54, 1.807) is 18.8 Å². The van der Waals surface area contributed by atoms with Gasteiger partial charge in [-0.3, -0.25) is 9.10 Å². The molecule has 5 rings (SSSR count). The van der Waals surface area contributed by atoms with Crippen molar-refractivity contribution in [3.05, 3.63) is 53.2 Å². The average Bonchev–Trinajstić information content (AvgIpc) is 3.60. The van der Waals surface area contributed by atoms with Crippen LogP contribution in [-0.4, -0.2) is 69.8 Å². The number of methoxy groups -OCH3 is 1. The van der Waals surface area contributed by atoms with Gasteiger partial charge >= 0.3 is 0 Å². The number of anilines is 1. The van der Waals surface area contributed by atoms with Crippen LogP contribution in [-0.2, 0) is 14.8 Å². The molecular weight excluding hydrogens is 478 g/mol. The Hall–Kier alpha value is -2.95. The molecule has 2 fully saturated rings. The summed E-state index contributed by atoms with van der Waals surface area (Å²) in [6.07, 6.45) is 3.80. The van der Waals surface area contributed by atoms with E-state index in [0.29, 0.717) is 48.3 Å². The zero-order valence-corrected chi connectivity index (χ0v) is 22.0. The zero-order valence-electron chi connectivity index (χ0n) is 21.2. The second-order valence-corrected chi connectivity index (χ2v) is 11.9. The van der Waals surface area contributed by atoms with Crippen molar-refractivity contribution in [3.8, 4) is 5.69 Å². The molecule has 0 spiro atoms. The molecule has 1 aliphatic heterocycles. The maximum atomic E-state index is 13.0. The number of rotatable bonds is 9. The number of amides is 1. The van der Waals surface area contributed by atoms with E-state index in [9.17, 15) is 13.2 Å². The van der Waals surface area contributed by atoms with Gasteiger partial charge in [-0.1, -0.05) is 17.7 Å². The molecule has 3 aromatic rings. The topological polar surface area (TPSA) is 106 Å². The molecule has 0 bridgehead atoms. The van der Waals surface area contributed by atoms with Crippen molar-refractivity contribution in [1.82, 2.24) is 20.4 Å². The summed E-state index contributed by atoms with van der Waals surface area (Å²) >= 11 is 0. The number of hydrogen-bond donors (Lipinski definition) is 2. The zero-order chi connectivity index (χ0) is 25.7. The second kappa shape index (κ2) is 9.17. The minimum absolute atomic E-state index is 0.243. The smallest absolute Gasteiger partial charge is 0.270 e. The lowest BCUT2D eigenvalue weighted by Crippen LogP contribution is -2.61. The summed E-state index contributed by atoms with van der Waals surface area (Å²) < 4.78 is 34.9. The van der Waals surface area contributed by atoms with Crippen LogP contribution in [0.15, 0.2) is 36.4 Å². The highest BCUT2D eigenvalue weighted by atomic mass is 32.2. The number of benzene rings is 2. The molecule has 2 aromatic carbocycles. The average molecular weight is 512 g/mol. The normalized spacial score (nSPS) is 17.1.